The molecule has 0 saturated carbocycles. The molecule has 1 aromatic rings. The highest BCUT2D eigenvalue weighted by atomic mass is 32.2. The second-order valence-corrected chi connectivity index (χ2v) is 6.90. The Morgan fingerprint density at radius 3 is 2.57 bits per heavy atom. The number of ether oxygens (including phenoxy) is 1. The van der Waals surface area contributed by atoms with Gasteiger partial charge >= 0.3 is 5.97 Å². The molecule has 21 heavy (non-hydrogen) atoms. The zero-order chi connectivity index (χ0) is 15.5. The lowest BCUT2D eigenvalue weighted by atomic mass is 10.1. The van der Waals surface area contributed by atoms with Crippen LogP contribution in [-0.4, -0.2) is 44.0 Å². The van der Waals surface area contributed by atoms with Gasteiger partial charge in [0.25, 0.3) is 0 Å². The lowest BCUT2D eigenvalue weighted by Gasteiger charge is -2.18. The largest absolute Gasteiger partial charge is 0.495 e. The first-order valence-corrected chi connectivity index (χ1v) is 8.28. The molecular formula is C14H19NO5S. The van der Waals surface area contributed by atoms with Gasteiger partial charge in [-0.25, -0.2) is 8.42 Å². The van der Waals surface area contributed by atoms with Gasteiger partial charge in [-0.05, 0) is 37.0 Å². The number of nitrogens with zero attached hydrogens (tertiary/aromatic N) is 1. The van der Waals surface area contributed by atoms with Crippen molar-refractivity contribution in [2.24, 2.45) is 0 Å². The average molecular weight is 313 g/mol. The maximum atomic E-state index is 12.6. The molecule has 1 aliphatic heterocycles. The van der Waals surface area contributed by atoms with Gasteiger partial charge < -0.3 is 9.84 Å². The number of methoxy groups -OCH3 is 1. The summed E-state index contributed by atoms with van der Waals surface area (Å²) in [4.78, 5) is 10.8. The quantitative estimate of drug-likeness (QED) is 0.860. The van der Waals surface area contributed by atoms with Crippen LogP contribution in [0.2, 0.25) is 0 Å². The van der Waals surface area contributed by atoms with E-state index in [1.54, 1.807) is 12.1 Å². The van der Waals surface area contributed by atoms with Crippen LogP contribution < -0.4 is 4.74 Å². The zero-order valence-electron chi connectivity index (χ0n) is 11.9. The summed E-state index contributed by atoms with van der Waals surface area (Å²) in [5, 5.41) is 8.73. The summed E-state index contributed by atoms with van der Waals surface area (Å²) < 4.78 is 31.9. The highest BCUT2D eigenvalue weighted by molar-refractivity contribution is 7.89. The van der Waals surface area contributed by atoms with Crippen molar-refractivity contribution in [1.29, 1.82) is 0 Å². The van der Waals surface area contributed by atoms with Crippen molar-refractivity contribution in [2.75, 3.05) is 20.2 Å². The first-order chi connectivity index (χ1) is 9.95. The minimum Gasteiger partial charge on any atom is -0.495 e. The predicted octanol–water partition coefficient (Wildman–Crippen LogP) is 1.50. The van der Waals surface area contributed by atoms with Gasteiger partial charge in [0.15, 0.2) is 0 Å². The summed E-state index contributed by atoms with van der Waals surface area (Å²) in [6.45, 7) is 1.04. The van der Waals surface area contributed by atoms with E-state index in [-0.39, 0.29) is 11.3 Å². The molecule has 0 aliphatic carbocycles. The van der Waals surface area contributed by atoms with Crippen LogP contribution in [0.1, 0.15) is 24.8 Å². The van der Waals surface area contributed by atoms with Crippen molar-refractivity contribution in [3.8, 4) is 5.75 Å². The van der Waals surface area contributed by atoms with E-state index in [4.69, 9.17) is 9.84 Å². The third kappa shape index (κ3) is 3.54. The Balaban J connectivity index is 2.35. The molecule has 0 amide bonds. The SMILES string of the molecule is COc1ccc(CCC(=O)O)cc1S(=O)(=O)N1CCCC1. The fraction of sp³-hybridized carbons (Fsp3) is 0.500. The van der Waals surface area contributed by atoms with E-state index in [1.807, 2.05) is 0 Å². The lowest BCUT2D eigenvalue weighted by molar-refractivity contribution is -0.136. The second kappa shape index (κ2) is 6.44. The molecule has 1 aromatic carbocycles. The number of carboxylic acid groups (broad SMARTS) is 1. The monoisotopic (exact) mass is 313 g/mol. The van der Waals surface area contributed by atoms with Crippen molar-refractivity contribution in [3.05, 3.63) is 23.8 Å². The van der Waals surface area contributed by atoms with Crippen molar-refractivity contribution in [1.82, 2.24) is 4.31 Å². The van der Waals surface area contributed by atoms with E-state index in [0.29, 0.717) is 30.8 Å². The molecule has 6 nitrogen and oxygen atoms in total. The average Bonchev–Trinajstić information content (AvgIpc) is 2.99. The van der Waals surface area contributed by atoms with Crippen molar-refractivity contribution in [2.45, 2.75) is 30.6 Å². The van der Waals surface area contributed by atoms with Crippen molar-refractivity contribution in [3.63, 3.8) is 0 Å². The molecule has 0 aromatic heterocycles. The Labute approximate surface area is 124 Å². The molecule has 1 heterocycles. The third-order valence-electron chi connectivity index (χ3n) is 3.54. The van der Waals surface area contributed by atoms with Gasteiger partial charge in [0.2, 0.25) is 10.0 Å². The molecule has 7 heteroatoms. The van der Waals surface area contributed by atoms with Crippen molar-refractivity contribution < 1.29 is 23.1 Å². The standard InChI is InChI=1S/C14H19NO5S/c1-20-12-6-4-11(5-7-14(16)17)10-13(12)21(18,19)15-8-2-3-9-15/h4,6,10H,2-3,5,7-9H2,1H3,(H,16,17). The summed E-state index contributed by atoms with van der Waals surface area (Å²) in [7, 11) is -2.16. The van der Waals surface area contributed by atoms with Gasteiger partial charge in [-0.1, -0.05) is 6.07 Å². The smallest absolute Gasteiger partial charge is 0.303 e. The molecule has 0 spiro atoms. The van der Waals surface area contributed by atoms with Crippen LogP contribution in [-0.2, 0) is 21.2 Å². The Hall–Kier alpha value is -1.60. The first kappa shape index (κ1) is 15.8. The highest BCUT2D eigenvalue weighted by Gasteiger charge is 2.30. The van der Waals surface area contributed by atoms with Gasteiger partial charge in [0.05, 0.1) is 7.11 Å². The van der Waals surface area contributed by atoms with Gasteiger partial charge in [0, 0.05) is 19.5 Å². The molecule has 0 unspecified atom stereocenters. The molecule has 2 rings (SSSR count). The fourth-order valence-electron chi connectivity index (χ4n) is 2.40. The topological polar surface area (TPSA) is 83.9 Å². The summed E-state index contributed by atoms with van der Waals surface area (Å²) in [5.74, 6) is -0.615. The van der Waals surface area contributed by atoms with Crippen LogP contribution in [0.15, 0.2) is 23.1 Å². The van der Waals surface area contributed by atoms with Crippen LogP contribution >= 0.6 is 0 Å². The Morgan fingerprint density at radius 1 is 1.33 bits per heavy atom. The second-order valence-electron chi connectivity index (χ2n) is 4.99. The maximum absolute atomic E-state index is 12.6. The number of aliphatic carboxylic acids is 1. The minimum atomic E-state index is -3.58. The summed E-state index contributed by atoms with van der Waals surface area (Å²) in [5.41, 5.74) is 0.677. The number of sulfonamides is 1. The van der Waals surface area contributed by atoms with Crippen molar-refractivity contribution >= 4 is 16.0 Å². The lowest BCUT2D eigenvalue weighted by Crippen LogP contribution is -2.28. The molecule has 0 bridgehead atoms. The Bertz CT molecular complexity index is 620. The van der Waals surface area contributed by atoms with Crippen LogP contribution in [0.25, 0.3) is 0 Å². The van der Waals surface area contributed by atoms with E-state index in [0.717, 1.165) is 12.8 Å². The van der Waals surface area contributed by atoms with Crippen LogP contribution in [0, 0.1) is 0 Å². The molecule has 116 valence electrons. The van der Waals surface area contributed by atoms with Gasteiger partial charge in [-0.2, -0.15) is 4.31 Å². The number of benzene rings is 1. The number of carboxylic acids is 1. The molecule has 1 N–H and O–H groups in total. The van der Waals surface area contributed by atoms with Gasteiger partial charge in [-0.15, -0.1) is 0 Å². The summed E-state index contributed by atoms with van der Waals surface area (Å²) >= 11 is 0. The van der Waals surface area contributed by atoms with Gasteiger partial charge in [0.1, 0.15) is 10.6 Å². The highest BCUT2D eigenvalue weighted by Crippen LogP contribution is 2.30. The molecule has 1 fully saturated rings. The molecule has 1 aliphatic rings. The van der Waals surface area contributed by atoms with Gasteiger partial charge in [-0.3, -0.25) is 4.79 Å². The van der Waals surface area contributed by atoms with E-state index in [9.17, 15) is 13.2 Å². The first-order valence-electron chi connectivity index (χ1n) is 6.84. The van der Waals surface area contributed by atoms with E-state index in [2.05, 4.69) is 0 Å². The third-order valence-corrected chi connectivity index (χ3v) is 5.46. The molecule has 0 radical (unpaired) electrons. The minimum absolute atomic E-state index is 0.0322. The fourth-order valence-corrected chi connectivity index (χ4v) is 4.12. The van der Waals surface area contributed by atoms with E-state index < -0.39 is 16.0 Å². The van der Waals surface area contributed by atoms with Crippen LogP contribution in [0.5, 0.6) is 5.75 Å². The number of hydrogen-bond acceptors (Lipinski definition) is 4. The number of hydrogen-bond donors (Lipinski definition) is 1. The molecule has 0 atom stereocenters. The zero-order valence-corrected chi connectivity index (χ0v) is 12.7. The number of carbonyl (C=O) groups is 1. The van der Waals surface area contributed by atoms with E-state index in [1.165, 1.54) is 17.5 Å². The molecular weight excluding hydrogens is 294 g/mol. The number of rotatable bonds is 6. The Kier molecular flexibility index (Phi) is 4.84. The summed E-state index contributed by atoms with van der Waals surface area (Å²) in [6, 6.07) is 4.81. The maximum Gasteiger partial charge on any atom is 0.303 e. The predicted molar refractivity (Wildman–Crippen MR) is 76.9 cm³/mol. The van der Waals surface area contributed by atoms with Crippen LogP contribution in [0.3, 0.4) is 0 Å². The van der Waals surface area contributed by atoms with Crippen LogP contribution in [0.4, 0.5) is 0 Å². The normalized spacial score (nSPS) is 16.0. The van der Waals surface area contributed by atoms with E-state index >= 15 is 0 Å². The summed E-state index contributed by atoms with van der Waals surface area (Å²) in [6.07, 6.45) is 1.98. The Morgan fingerprint density at radius 2 is 2.00 bits per heavy atom. The molecule has 1 saturated heterocycles. The number of aryl methyl sites for hydroxylation is 1.